The molecule has 2 nitrogen and oxygen atoms in total. The van der Waals surface area contributed by atoms with Crippen molar-refractivity contribution in [1.82, 2.24) is 5.32 Å². The fourth-order valence-electron chi connectivity index (χ4n) is 3.17. The molecule has 2 unspecified atom stereocenters. The number of nitrogens with zero attached hydrogens (tertiary/aromatic N) is 1. The lowest BCUT2D eigenvalue weighted by molar-refractivity contribution is 0.232. The van der Waals surface area contributed by atoms with Gasteiger partial charge in [0, 0.05) is 18.8 Å². The van der Waals surface area contributed by atoms with Gasteiger partial charge in [0.1, 0.15) is 0 Å². The second-order valence-electron chi connectivity index (χ2n) is 6.32. The van der Waals surface area contributed by atoms with Crippen molar-refractivity contribution in [2.45, 2.75) is 45.4 Å². The number of hydrogen-bond donors (Lipinski definition) is 1. The van der Waals surface area contributed by atoms with E-state index < -0.39 is 0 Å². The molecule has 0 amide bonds. The average Bonchev–Trinajstić information content (AvgIpc) is 3.06. The van der Waals surface area contributed by atoms with Crippen molar-refractivity contribution in [3.05, 3.63) is 0 Å². The first-order valence-corrected chi connectivity index (χ1v) is 8.17. The molecular formula is C14H24N2S. The molecule has 3 aliphatic rings. The van der Waals surface area contributed by atoms with Gasteiger partial charge in [0.05, 0.1) is 0 Å². The van der Waals surface area contributed by atoms with Gasteiger partial charge in [-0.3, -0.25) is 4.99 Å². The Hall–Kier alpha value is -0.180. The highest BCUT2D eigenvalue weighted by Crippen LogP contribution is 2.42. The van der Waals surface area contributed by atoms with Crippen LogP contribution < -0.4 is 5.32 Å². The normalized spacial score (nSPS) is 35.5. The summed E-state index contributed by atoms with van der Waals surface area (Å²) in [6.07, 6.45) is 8.54. The monoisotopic (exact) mass is 252 g/mol. The summed E-state index contributed by atoms with van der Waals surface area (Å²) in [7, 11) is 0. The highest BCUT2D eigenvalue weighted by atomic mass is 32.2. The second-order valence-corrected chi connectivity index (χ2v) is 7.29. The van der Waals surface area contributed by atoms with Crippen LogP contribution in [-0.2, 0) is 0 Å². The zero-order chi connectivity index (χ0) is 11.7. The van der Waals surface area contributed by atoms with Crippen LogP contribution in [0.5, 0.6) is 0 Å². The summed E-state index contributed by atoms with van der Waals surface area (Å²) in [5.74, 6) is 3.17. The Bertz CT molecular complexity index is 307. The standard InChI is InChI=1S/C14H24N2S/c1-11-7-12(11)8-15-13-16-9-14(10-17-13)5-3-2-4-6-14/h11-12H,2-10H2,1H3,(H,15,16). The minimum Gasteiger partial charge on any atom is -0.365 e. The summed E-state index contributed by atoms with van der Waals surface area (Å²) in [5.41, 5.74) is 0.570. The van der Waals surface area contributed by atoms with Gasteiger partial charge in [-0.1, -0.05) is 37.9 Å². The maximum absolute atomic E-state index is 4.80. The van der Waals surface area contributed by atoms with E-state index in [0.717, 1.165) is 24.9 Å². The molecule has 2 aliphatic carbocycles. The van der Waals surface area contributed by atoms with Gasteiger partial charge >= 0.3 is 0 Å². The minimum atomic E-state index is 0.570. The molecule has 0 aromatic rings. The molecule has 3 heteroatoms. The first kappa shape index (κ1) is 11.9. The van der Waals surface area contributed by atoms with Crippen molar-refractivity contribution in [2.24, 2.45) is 22.2 Å². The number of rotatable bonds is 2. The van der Waals surface area contributed by atoms with Gasteiger partial charge in [-0.05, 0) is 36.5 Å². The van der Waals surface area contributed by atoms with Gasteiger partial charge in [-0.25, -0.2) is 0 Å². The van der Waals surface area contributed by atoms with Crippen LogP contribution in [0.4, 0.5) is 0 Å². The zero-order valence-corrected chi connectivity index (χ0v) is 11.7. The summed E-state index contributed by atoms with van der Waals surface area (Å²) in [6, 6.07) is 0. The quantitative estimate of drug-likeness (QED) is 0.815. The lowest BCUT2D eigenvalue weighted by Gasteiger charge is -2.38. The van der Waals surface area contributed by atoms with E-state index >= 15 is 0 Å². The van der Waals surface area contributed by atoms with Gasteiger partial charge in [0.25, 0.3) is 0 Å². The van der Waals surface area contributed by atoms with E-state index in [0.29, 0.717) is 5.41 Å². The molecule has 17 heavy (non-hydrogen) atoms. The molecule has 2 atom stereocenters. The van der Waals surface area contributed by atoms with E-state index in [4.69, 9.17) is 4.99 Å². The Labute approximate surface area is 109 Å². The van der Waals surface area contributed by atoms with Crippen LogP contribution in [-0.4, -0.2) is 24.0 Å². The van der Waals surface area contributed by atoms with Gasteiger partial charge in [-0.15, -0.1) is 0 Å². The molecule has 2 saturated carbocycles. The molecule has 2 fully saturated rings. The topological polar surface area (TPSA) is 24.4 Å². The van der Waals surface area contributed by atoms with Gasteiger partial charge in [0.15, 0.2) is 5.17 Å². The third-order valence-electron chi connectivity index (χ3n) is 4.78. The zero-order valence-electron chi connectivity index (χ0n) is 10.9. The van der Waals surface area contributed by atoms with Crippen molar-refractivity contribution >= 4 is 16.9 Å². The van der Waals surface area contributed by atoms with Crippen LogP contribution in [0.25, 0.3) is 0 Å². The number of nitrogens with one attached hydrogen (secondary N) is 1. The minimum absolute atomic E-state index is 0.570. The van der Waals surface area contributed by atoms with Crippen molar-refractivity contribution in [3.8, 4) is 0 Å². The second kappa shape index (κ2) is 4.83. The summed E-state index contributed by atoms with van der Waals surface area (Å²) >= 11 is 1.98. The fourth-order valence-corrected chi connectivity index (χ4v) is 4.33. The summed E-state index contributed by atoms with van der Waals surface area (Å²) in [4.78, 5) is 4.80. The highest BCUT2D eigenvalue weighted by molar-refractivity contribution is 8.13. The van der Waals surface area contributed by atoms with E-state index in [1.807, 2.05) is 11.8 Å². The third-order valence-corrected chi connectivity index (χ3v) is 6.08. The molecule has 96 valence electrons. The average molecular weight is 252 g/mol. The van der Waals surface area contributed by atoms with Crippen molar-refractivity contribution in [1.29, 1.82) is 0 Å². The summed E-state index contributed by atoms with van der Waals surface area (Å²) in [5, 5.41) is 4.77. The Morgan fingerprint density at radius 3 is 2.71 bits per heavy atom. The van der Waals surface area contributed by atoms with Gasteiger partial charge in [0.2, 0.25) is 0 Å². The molecule has 1 aliphatic heterocycles. The number of amidine groups is 1. The summed E-state index contributed by atoms with van der Waals surface area (Å²) < 4.78 is 0. The lowest BCUT2D eigenvalue weighted by Crippen LogP contribution is -2.37. The Balaban J connectivity index is 1.48. The molecule has 0 radical (unpaired) electrons. The molecule has 1 spiro atoms. The highest BCUT2D eigenvalue weighted by Gasteiger charge is 2.36. The predicted octanol–water partition coefficient (Wildman–Crippen LogP) is 3.29. The molecule has 3 rings (SSSR count). The largest absolute Gasteiger partial charge is 0.365 e. The molecule has 0 aromatic heterocycles. The van der Waals surface area contributed by atoms with E-state index in [9.17, 15) is 0 Å². The molecule has 1 N–H and O–H groups in total. The maximum Gasteiger partial charge on any atom is 0.156 e. The number of hydrogen-bond acceptors (Lipinski definition) is 3. The van der Waals surface area contributed by atoms with Gasteiger partial charge in [-0.2, -0.15) is 0 Å². The fraction of sp³-hybridized carbons (Fsp3) is 0.929. The molecular weight excluding hydrogens is 228 g/mol. The van der Waals surface area contributed by atoms with Crippen LogP contribution in [0.15, 0.2) is 4.99 Å². The van der Waals surface area contributed by atoms with E-state index in [1.165, 1.54) is 49.4 Å². The SMILES string of the molecule is CC1CC1CNC1=NCC2(CCCCC2)CS1. The maximum atomic E-state index is 4.80. The van der Waals surface area contributed by atoms with Crippen LogP contribution >= 0.6 is 11.8 Å². The first-order valence-electron chi connectivity index (χ1n) is 7.19. The molecule has 0 bridgehead atoms. The number of aliphatic imine (C=N–C) groups is 1. The Morgan fingerprint density at radius 2 is 2.12 bits per heavy atom. The smallest absolute Gasteiger partial charge is 0.156 e. The molecule has 1 heterocycles. The first-order chi connectivity index (χ1) is 8.27. The van der Waals surface area contributed by atoms with Crippen LogP contribution in [0, 0.1) is 17.3 Å². The van der Waals surface area contributed by atoms with Crippen LogP contribution in [0.2, 0.25) is 0 Å². The Kier molecular flexibility index (Phi) is 3.38. The van der Waals surface area contributed by atoms with Crippen LogP contribution in [0.1, 0.15) is 45.4 Å². The lowest BCUT2D eigenvalue weighted by atomic mass is 9.75. The van der Waals surface area contributed by atoms with Crippen molar-refractivity contribution in [2.75, 3.05) is 18.8 Å². The van der Waals surface area contributed by atoms with Crippen molar-refractivity contribution < 1.29 is 0 Å². The van der Waals surface area contributed by atoms with E-state index in [-0.39, 0.29) is 0 Å². The summed E-state index contributed by atoms with van der Waals surface area (Å²) in [6.45, 7) is 4.59. The van der Waals surface area contributed by atoms with E-state index in [1.54, 1.807) is 0 Å². The third kappa shape index (κ3) is 2.81. The predicted molar refractivity (Wildman–Crippen MR) is 75.6 cm³/mol. The van der Waals surface area contributed by atoms with Gasteiger partial charge < -0.3 is 5.32 Å². The molecule has 0 aromatic carbocycles. The van der Waals surface area contributed by atoms with Crippen molar-refractivity contribution in [3.63, 3.8) is 0 Å². The van der Waals surface area contributed by atoms with Crippen LogP contribution in [0.3, 0.4) is 0 Å². The number of thioether (sulfide) groups is 1. The molecule has 0 saturated heterocycles. The Morgan fingerprint density at radius 1 is 1.35 bits per heavy atom. The van der Waals surface area contributed by atoms with E-state index in [2.05, 4.69) is 12.2 Å².